The number of benzene rings is 2. The van der Waals surface area contributed by atoms with Gasteiger partial charge < -0.3 is 10.1 Å². The van der Waals surface area contributed by atoms with Crippen LogP contribution >= 0.6 is 23.4 Å². The number of carbonyl (C=O) groups excluding carboxylic acids is 2. The highest BCUT2D eigenvalue weighted by Crippen LogP contribution is 2.11. The van der Waals surface area contributed by atoms with Gasteiger partial charge in [0.2, 0.25) is 0 Å². The van der Waals surface area contributed by atoms with Crippen LogP contribution in [0.3, 0.4) is 0 Å². The fourth-order valence-corrected chi connectivity index (χ4v) is 2.76. The second kappa shape index (κ2) is 10.2. The van der Waals surface area contributed by atoms with E-state index in [4.69, 9.17) is 16.3 Å². The Labute approximate surface area is 161 Å². The molecule has 0 aliphatic carbocycles. The zero-order valence-corrected chi connectivity index (χ0v) is 15.8. The van der Waals surface area contributed by atoms with Gasteiger partial charge >= 0.3 is 5.97 Å². The monoisotopic (exact) mass is 395 g/mol. The van der Waals surface area contributed by atoms with E-state index in [0.717, 1.165) is 0 Å². The number of carbonyl (C=O) groups is 2. The molecule has 0 aliphatic heterocycles. The van der Waals surface area contributed by atoms with Crippen molar-refractivity contribution in [2.24, 2.45) is 0 Å². The molecule has 0 radical (unpaired) electrons. The zero-order chi connectivity index (χ0) is 18.9. The lowest BCUT2D eigenvalue weighted by molar-refractivity contribution is -0.147. The number of amides is 1. The number of nitrogens with one attached hydrogen (secondary N) is 1. The van der Waals surface area contributed by atoms with E-state index in [-0.39, 0.29) is 18.3 Å². The molecule has 138 valence electrons. The Morgan fingerprint density at radius 1 is 1.15 bits per heavy atom. The largest absolute Gasteiger partial charge is 0.459 e. The Kier molecular flexibility index (Phi) is 7.94. The highest BCUT2D eigenvalue weighted by atomic mass is 35.5. The van der Waals surface area contributed by atoms with Crippen LogP contribution in [0, 0.1) is 5.82 Å². The zero-order valence-electron chi connectivity index (χ0n) is 14.2. The summed E-state index contributed by atoms with van der Waals surface area (Å²) in [6.45, 7) is 0.0195. The van der Waals surface area contributed by atoms with E-state index >= 15 is 0 Å². The summed E-state index contributed by atoms with van der Waals surface area (Å²) in [4.78, 5) is 24.7. The van der Waals surface area contributed by atoms with Crippen LogP contribution in [-0.2, 0) is 16.1 Å². The standard InChI is InChI=1S/C19H19ClFNO3S/c1-26-11-10-17(22-18(23)14-4-6-15(20)7-5-14)19(24)25-12-13-2-8-16(21)9-3-13/h2-9,17H,10-12H2,1H3,(H,22,23). The smallest absolute Gasteiger partial charge is 0.329 e. The number of hydrogen-bond donors (Lipinski definition) is 1. The fourth-order valence-electron chi connectivity index (χ4n) is 2.16. The molecule has 1 N–H and O–H groups in total. The van der Waals surface area contributed by atoms with Crippen molar-refractivity contribution in [2.45, 2.75) is 19.1 Å². The minimum absolute atomic E-state index is 0.0195. The lowest BCUT2D eigenvalue weighted by atomic mass is 10.1. The van der Waals surface area contributed by atoms with Crippen LogP contribution in [0.4, 0.5) is 4.39 Å². The molecule has 0 saturated carbocycles. The number of halogens is 2. The Bertz CT molecular complexity index is 737. The molecule has 1 atom stereocenters. The van der Waals surface area contributed by atoms with Gasteiger partial charge in [0, 0.05) is 10.6 Å². The molecular weight excluding hydrogens is 377 g/mol. The number of ether oxygens (including phenoxy) is 1. The van der Waals surface area contributed by atoms with E-state index in [1.807, 2.05) is 6.26 Å². The average Bonchev–Trinajstić information content (AvgIpc) is 2.64. The molecule has 0 aromatic heterocycles. The van der Waals surface area contributed by atoms with Crippen LogP contribution in [0.25, 0.3) is 0 Å². The van der Waals surface area contributed by atoms with Gasteiger partial charge in [0.15, 0.2) is 0 Å². The third-order valence-electron chi connectivity index (χ3n) is 3.60. The minimum atomic E-state index is -0.758. The highest BCUT2D eigenvalue weighted by Gasteiger charge is 2.22. The Hall–Kier alpha value is -2.05. The second-order valence-electron chi connectivity index (χ2n) is 5.55. The topological polar surface area (TPSA) is 55.4 Å². The summed E-state index contributed by atoms with van der Waals surface area (Å²) in [5.74, 6) is -0.553. The van der Waals surface area contributed by atoms with Crippen LogP contribution in [0.15, 0.2) is 48.5 Å². The number of esters is 1. The summed E-state index contributed by atoms with van der Waals surface area (Å²) < 4.78 is 18.2. The first kappa shape index (κ1) is 20.3. The van der Waals surface area contributed by atoms with Gasteiger partial charge in [-0.25, -0.2) is 9.18 Å². The molecule has 2 aromatic rings. The summed E-state index contributed by atoms with van der Waals surface area (Å²) in [6, 6.07) is 11.3. The molecule has 4 nitrogen and oxygen atoms in total. The summed E-state index contributed by atoms with van der Waals surface area (Å²) in [5, 5.41) is 3.23. The Morgan fingerprint density at radius 3 is 2.42 bits per heavy atom. The second-order valence-corrected chi connectivity index (χ2v) is 6.97. The van der Waals surface area contributed by atoms with Crippen LogP contribution in [0.2, 0.25) is 5.02 Å². The molecule has 1 unspecified atom stereocenters. The van der Waals surface area contributed by atoms with Crippen LogP contribution < -0.4 is 5.32 Å². The fraction of sp³-hybridized carbons (Fsp3) is 0.263. The third kappa shape index (κ3) is 6.35. The summed E-state index contributed by atoms with van der Waals surface area (Å²) in [6.07, 6.45) is 2.37. The predicted octanol–water partition coefficient (Wildman–Crippen LogP) is 4.07. The number of hydrogen-bond acceptors (Lipinski definition) is 4. The summed E-state index contributed by atoms with van der Waals surface area (Å²) >= 11 is 7.39. The van der Waals surface area contributed by atoms with E-state index in [9.17, 15) is 14.0 Å². The quantitative estimate of drug-likeness (QED) is 0.684. The molecule has 0 fully saturated rings. The maximum atomic E-state index is 12.9. The van der Waals surface area contributed by atoms with Crippen molar-refractivity contribution in [3.8, 4) is 0 Å². The molecule has 0 aliphatic rings. The molecule has 7 heteroatoms. The average molecular weight is 396 g/mol. The van der Waals surface area contributed by atoms with Crippen LogP contribution in [0.5, 0.6) is 0 Å². The van der Waals surface area contributed by atoms with Crippen molar-refractivity contribution in [3.05, 3.63) is 70.5 Å². The molecule has 0 saturated heterocycles. The third-order valence-corrected chi connectivity index (χ3v) is 4.50. The van der Waals surface area contributed by atoms with Gasteiger partial charge in [-0.05, 0) is 60.4 Å². The lowest BCUT2D eigenvalue weighted by Gasteiger charge is -2.17. The van der Waals surface area contributed by atoms with E-state index in [0.29, 0.717) is 28.3 Å². The van der Waals surface area contributed by atoms with Gasteiger partial charge in [0.1, 0.15) is 18.5 Å². The molecule has 0 heterocycles. The lowest BCUT2D eigenvalue weighted by Crippen LogP contribution is -2.42. The summed E-state index contributed by atoms with van der Waals surface area (Å²) in [7, 11) is 0. The first-order chi connectivity index (χ1) is 12.5. The molecule has 2 rings (SSSR count). The van der Waals surface area contributed by atoms with E-state index in [2.05, 4.69) is 5.32 Å². The maximum absolute atomic E-state index is 12.9. The normalized spacial score (nSPS) is 11.7. The van der Waals surface area contributed by atoms with Crippen LogP contribution in [0.1, 0.15) is 22.3 Å². The van der Waals surface area contributed by atoms with Gasteiger partial charge in [0.05, 0.1) is 0 Å². The Balaban J connectivity index is 1.98. The van der Waals surface area contributed by atoms with Gasteiger partial charge in [-0.15, -0.1) is 0 Å². The van der Waals surface area contributed by atoms with Crippen molar-refractivity contribution >= 4 is 35.2 Å². The maximum Gasteiger partial charge on any atom is 0.329 e. The van der Waals surface area contributed by atoms with Gasteiger partial charge in [-0.1, -0.05) is 23.7 Å². The van der Waals surface area contributed by atoms with Crippen molar-refractivity contribution in [2.75, 3.05) is 12.0 Å². The van der Waals surface area contributed by atoms with Gasteiger partial charge in [-0.3, -0.25) is 4.79 Å². The van der Waals surface area contributed by atoms with Gasteiger partial charge in [0.25, 0.3) is 5.91 Å². The van der Waals surface area contributed by atoms with Gasteiger partial charge in [-0.2, -0.15) is 11.8 Å². The first-order valence-corrected chi connectivity index (χ1v) is 9.73. The number of rotatable bonds is 8. The summed E-state index contributed by atoms with van der Waals surface area (Å²) in [5.41, 5.74) is 1.09. The SMILES string of the molecule is CSCCC(NC(=O)c1ccc(Cl)cc1)C(=O)OCc1ccc(F)cc1. The Morgan fingerprint density at radius 2 is 1.81 bits per heavy atom. The molecule has 0 spiro atoms. The molecular formula is C19H19ClFNO3S. The molecule has 0 bridgehead atoms. The van der Waals surface area contributed by atoms with Crippen molar-refractivity contribution in [3.63, 3.8) is 0 Å². The highest BCUT2D eigenvalue weighted by molar-refractivity contribution is 7.98. The molecule has 26 heavy (non-hydrogen) atoms. The van der Waals surface area contributed by atoms with Crippen LogP contribution in [-0.4, -0.2) is 29.9 Å². The first-order valence-electron chi connectivity index (χ1n) is 7.96. The number of thioether (sulfide) groups is 1. The van der Waals surface area contributed by atoms with Crippen molar-refractivity contribution in [1.29, 1.82) is 0 Å². The van der Waals surface area contributed by atoms with Crippen molar-refractivity contribution < 1.29 is 18.7 Å². The van der Waals surface area contributed by atoms with E-state index in [1.165, 1.54) is 12.1 Å². The van der Waals surface area contributed by atoms with E-state index < -0.39 is 12.0 Å². The predicted molar refractivity (Wildman–Crippen MR) is 102 cm³/mol. The van der Waals surface area contributed by atoms with E-state index in [1.54, 1.807) is 48.2 Å². The molecule has 1 amide bonds. The van der Waals surface area contributed by atoms with Crippen molar-refractivity contribution in [1.82, 2.24) is 5.32 Å². The molecule has 2 aromatic carbocycles. The minimum Gasteiger partial charge on any atom is -0.459 e.